The van der Waals surface area contributed by atoms with Gasteiger partial charge in [-0.05, 0) is 32.0 Å². The molecule has 0 bridgehead atoms. The number of aliphatic hydroxyl groups excluding tert-OH is 1. The predicted molar refractivity (Wildman–Crippen MR) is 147 cm³/mol. The van der Waals surface area contributed by atoms with E-state index in [0.717, 1.165) is 61.8 Å². The molecule has 1 aromatic carbocycles. The second-order valence-corrected chi connectivity index (χ2v) is 12.0. The molecule has 208 valence electrons. The van der Waals surface area contributed by atoms with Gasteiger partial charge >= 0.3 is 0 Å². The summed E-state index contributed by atoms with van der Waals surface area (Å²) in [5.74, 6) is -0.814. The minimum absolute atomic E-state index is 0.0377. The van der Waals surface area contributed by atoms with Crippen molar-refractivity contribution in [3.05, 3.63) is 35.2 Å². The van der Waals surface area contributed by atoms with Gasteiger partial charge in [0.15, 0.2) is 10.9 Å². The third-order valence-electron chi connectivity index (χ3n) is 8.60. The number of amides is 2. The van der Waals surface area contributed by atoms with Crippen molar-refractivity contribution >= 4 is 34.1 Å². The number of piperazine rings is 1. The van der Waals surface area contributed by atoms with Gasteiger partial charge in [-0.3, -0.25) is 14.4 Å². The Hall–Kier alpha value is -2.86. The number of ketones is 1. The highest BCUT2D eigenvalue weighted by Gasteiger charge is 2.55. The molecule has 10 nitrogen and oxygen atoms in total. The highest BCUT2D eigenvalue weighted by molar-refractivity contribution is 7.14. The lowest BCUT2D eigenvalue weighted by Crippen LogP contribution is -2.62. The average molecular weight is 554 g/mol. The van der Waals surface area contributed by atoms with Gasteiger partial charge in [-0.25, -0.2) is 4.98 Å². The van der Waals surface area contributed by atoms with Gasteiger partial charge in [-0.1, -0.05) is 31.4 Å². The van der Waals surface area contributed by atoms with E-state index in [-0.39, 0.29) is 30.7 Å². The fourth-order valence-electron chi connectivity index (χ4n) is 6.28. The van der Waals surface area contributed by atoms with E-state index in [4.69, 9.17) is 9.72 Å². The lowest BCUT2D eigenvalue weighted by atomic mass is 9.80. The summed E-state index contributed by atoms with van der Waals surface area (Å²) in [5, 5.41) is 16.5. The van der Waals surface area contributed by atoms with Crippen LogP contribution < -0.4 is 10.2 Å². The Kier molecular flexibility index (Phi) is 7.17. The first kappa shape index (κ1) is 26.4. The first-order chi connectivity index (χ1) is 18.8. The van der Waals surface area contributed by atoms with E-state index >= 15 is 0 Å². The zero-order chi connectivity index (χ0) is 27.1. The number of benzene rings is 1. The average Bonchev–Trinajstić information content (AvgIpc) is 3.67. The van der Waals surface area contributed by atoms with Crippen LogP contribution in [0, 0.1) is 0 Å². The van der Waals surface area contributed by atoms with E-state index in [0.29, 0.717) is 18.4 Å². The summed E-state index contributed by atoms with van der Waals surface area (Å²) in [7, 11) is 2.13. The van der Waals surface area contributed by atoms with Crippen molar-refractivity contribution in [2.45, 2.75) is 55.9 Å². The van der Waals surface area contributed by atoms with Crippen LogP contribution in [0.4, 0.5) is 5.13 Å². The van der Waals surface area contributed by atoms with Crippen LogP contribution in [0.15, 0.2) is 29.6 Å². The lowest BCUT2D eigenvalue weighted by Gasteiger charge is -2.40. The first-order valence-corrected chi connectivity index (χ1v) is 14.7. The van der Waals surface area contributed by atoms with E-state index in [1.165, 1.54) is 4.90 Å². The minimum Gasteiger partial charge on any atom is -0.388 e. The third-order valence-corrected chi connectivity index (χ3v) is 9.50. The number of Topliss-reactive ketones (excluding diaryl/α,β-unsaturated/α-hetero) is 1. The quantitative estimate of drug-likeness (QED) is 0.573. The van der Waals surface area contributed by atoms with Gasteiger partial charge in [0, 0.05) is 42.7 Å². The molecule has 0 unspecified atom stereocenters. The number of hydrogen-bond acceptors (Lipinski definition) is 9. The molecule has 11 heteroatoms. The number of aromatic nitrogens is 1. The first-order valence-electron chi connectivity index (χ1n) is 13.8. The molecule has 2 N–H and O–H groups in total. The van der Waals surface area contributed by atoms with Crippen molar-refractivity contribution in [1.82, 2.24) is 20.1 Å². The van der Waals surface area contributed by atoms with Gasteiger partial charge in [-0.15, -0.1) is 11.3 Å². The molecule has 1 aliphatic carbocycles. The number of carbonyl (C=O) groups excluding carboxylic acids is 3. The lowest BCUT2D eigenvalue weighted by molar-refractivity contribution is -0.143. The summed E-state index contributed by atoms with van der Waals surface area (Å²) in [6.07, 6.45) is 2.01. The van der Waals surface area contributed by atoms with Crippen LogP contribution in [0.1, 0.15) is 42.5 Å². The molecule has 39 heavy (non-hydrogen) atoms. The maximum Gasteiger partial charge on any atom is 0.252 e. The van der Waals surface area contributed by atoms with Gasteiger partial charge in [0.1, 0.15) is 30.4 Å². The number of nitrogens with one attached hydrogen (secondary N) is 1. The number of likely N-dealkylation sites (tertiary alicyclic amines) is 1. The molecule has 0 radical (unpaired) electrons. The number of anilines is 1. The normalized spacial score (nSPS) is 27.0. The Morgan fingerprint density at radius 2 is 1.82 bits per heavy atom. The molecule has 3 aliphatic heterocycles. The number of likely N-dealkylation sites (N-methyl/N-ethyl adjacent to an activating group) is 1. The van der Waals surface area contributed by atoms with Gasteiger partial charge < -0.3 is 29.9 Å². The number of β-amino-alcohol motifs (C(OH)–C–C–N with tert-alkyl or cyclic N) is 1. The predicted octanol–water partition coefficient (Wildman–Crippen LogP) is 1.53. The molecule has 4 heterocycles. The zero-order valence-corrected chi connectivity index (χ0v) is 23.0. The van der Waals surface area contributed by atoms with Crippen molar-refractivity contribution in [3.63, 3.8) is 0 Å². The number of thiazole rings is 1. The zero-order valence-electron chi connectivity index (χ0n) is 22.2. The van der Waals surface area contributed by atoms with Crippen molar-refractivity contribution in [3.8, 4) is 11.3 Å². The Bertz CT molecular complexity index is 1240. The number of ether oxygens (including phenoxy) is 1. The monoisotopic (exact) mass is 553 g/mol. The fraction of sp³-hybridized carbons (Fsp3) is 0.571. The van der Waals surface area contributed by atoms with Gasteiger partial charge in [0.2, 0.25) is 5.91 Å². The Balaban J connectivity index is 1.17. The van der Waals surface area contributed by atoms with Crippen molar-refractivity contribution in [1.29, 1.82) is 0 Å². The Morgan fingerprint density at radius 3 is 2.54 bits per heavy atom. The molecular weight excluding hydrogens is 518 g/mol. The van der Waals surface area contributed by atoms with E-state index in [1.54, 1.807) is 23.5 Å². The van der Waals surface area contributed by atoms with Crippen molar-refractivity contribution < 1.29 is 24.2 Å². The summed E-state index contributed by atoms with van der Waals surface area (Å²) in [5.41, 5.74) is 1.18. The van der Waals surface area contributed by atoms with E-state index in [2.05, 4.69) is 22.2 Å². The van der Waals surface area contributed by atoms with Crippen LogP contribution in [0.25, 0.3) is 11.3 Å². The minimum atomic E-state index is -1.10. The Labute approximate surface area is 231 Å². The van der Waals surface area contributed by atoms with Crippen LogP contribution in [0.3, 0.4) is 0 Å². The molecular formula is C28H35N5O5S. The smallest absolute Gasteiger partial charge is 0.252 e. The molecule has 0 spiro atoms. The molecule has 1 aromatic heterocycles. The molecule has 4 aliphatic rings. The number of carbonyl (C=O) groups is 3. The Morgan fingerprint density at radius 1 is 1.10 bits per heavy atom. The van der Waals surface area contributed by atoms with Crippen LogP contribution in [-0.4, -0.2) is 108 Å². The van der Waals surface area contributed by atoms with Gasteiger partial charge in [0.05, 0.1) is 12.2 Å². The fourth-order valence-corrected chi connectivity index (χ4v) is 7.17. The standard InChI is InChI=1S/C28H35N5O5S/c1-31-11-13-32(14-12-31)27-29-20(17-39-27)18-5-7-19(8-6-18)25(36)30-28(9-3-2-4-10-28)26(37)33-15-21(34)24-23(33)22(35)16-38-24/h5-8,17,21,23-24,34H,2-4,9-16H2,1H3,(H,30,36)/t21-,23+,24-/m0/s1. The highest BCUT2D eigenvalue weighted by atomic mass is 32.1. The molecule has 2 aromatic rings. The molecule has 6 rings (SSSR count). The maximum absolute atomic E-state index is 13.9. The summed E-state index contributed by atoms with van der Waals surface area (Å²) in [6.45, 7) is 3.90. The van der Waals surface area contributed by atoms with Gasteiger partial charge in [0.25, 0.3) is 5.91 Å². The molecule has 2 amide bonds. The van der Waals surface area contributed by atoms with Crippen LogP contribution in [0.2, 0.25) is 0 Å². The highest BCUT2D eigenvalue weighted by Crippen LogP contribution is 2.36. The summed E-state index contributed by atoms with van der Waals surface area (Å²) < 4.78 is 5.45. The molecule has 3 saturated heterocycles. The third kappa shape index (κ3) is 4.97. The van der Waals surface area contributed by atoms with Crippen molar-refractivity contribution in [2.75, 3.05) is 51.3 Å². The molecule has 3 atom stereocenters. The molecule has 1 saturated carbocycles. The van der Waals surface area contributed by atoms with E-state index in [9.17, 15) is 19.5 Å². The van der Waals surface area contributed by atoms with Crippen molar-refractivity contribution in [2.24, 2.45) is 0 Å². The molecule has 4 fully saturated rings. The maximum atomic E-state index is 13.9. The van der Waals surface area contributed by atoms with Gasteiger partial charge in [-0.2, -0.15) is 0 Å². The second-order valence-electron chi connectivity index (χ2n) is 11.2. The number of nitrogens with zero attached hydrogens (tertiary/aromatic N) is 4. The van der Waals surface area contributed by atoms with Crippen LogP contribution in [0.5, 0.6) is 0 Å². The van der Waals surface area contributed by atoms with Crippen LogP contribution >= 0.6 is 11.3 Å². The van der Waals surface area contributed by atoms with E-state index < -0.39 is 23.8 Å². The second kappa shape index (κ2) is 10.6. The number of aliphatic hydroxyl groups is 1. The summed E-state index contributed by atoms with van der Waals surface area (Å²) >= 11 is 1.63. The number of rotatable bonds is 5. The topological polar surface area (TPSA) is 115 Å². The largest absolute Gasteiger partial charge is 0.388 e. The van der Waals surface area contributed by atoms with E-state index in [1.807, 2.05) is 17.5 Å². The van der Waals surface area contributed by atoms with Crippen LogP contribution in [-0.2, 0) is 14.3 Å². The SMILES string of the molecule is CN1CCN(c2nc(-c3ccc(C(=O)NC4(C(=O)N5C[C@H](O)[C@@H]6OCC(=O)[C@H]65)CCCCC4)cc3)cs2)CC1. The summed E-state index contributed by atoms with van der Waals surface area (Å²) in [6, 6.07) is 6.54. The summed E-state index contributed by atoms with van der Waals surface area (Å²) in [4.78, 5) is 50.7. The number of hydrogen-bond donors (Lipinski definition) is 2. The number of fused-ring (bicyclic) bond motifs is 1.